The second-order valence-corrected chi connectivity index (χ2v) is 4.71. The van der Waals surface area contributed by atoms with Gasteiger partial charge in [0.25, 0.3) is 0 Å². The number of alkyl halides is 1. The van der Waals surface area contributed by atoms with Gasteiger partial charge in [0.1, 0.15) is 6.10 Å². The molecule has 0 spiro atoms. The van der Waals surface area contributed by atoms with Crippen LogP contribution in [0.1, 0.15) is 43.4 Å². The van der Waals surface area contributed by atoms with Gasteiger partial charge in [0.15, 0.2) is 0 Å². The Morgan fingerprint density at radius 2 is 1.82 bits per heavy atom. The molecule has 0 fully saturated rings. The van der Waals surface area contributed by atoms with Crippen molar-refractivity contribution >= 4 is 11.6 Å². The summed E-state index contributed by atoms with van der Waals surface area (Å²) in [5.74, 6) is 0.354. The van der Waals surface area contributed by atoms with Crippen LogP contribution in [0, 0.1) is 0 Å². The van der Waals surface area contributed by atoms with Crippen LogP contribution >= 0.6 is 11.6 Å². The van der Waals surface area contributed by atoms with Crippen molar-refractivity contribution in [3.8, 4) is 0 Å². The summed E-state index contributed by atoms with van der Waals surface area (Å²) in [4.78, 5) is 0. The molecule has 2 atom stereocenters. The van der Waals surface area contributed by atoms with E-state index < -0.39 is 12.2 Å². The third-order valence-corrected chi connectivity index (χ3v) is 3.13. The monoisotopic (exact) mass is 256 g/mol. The summed E-state index contributed by atoms with van der Waals surface area (Å²) < 4.78 is 0. The van der Waals surface area contributed by atoms with Gasteiger partial charge < -0.3 is 10.2 Å². The number of unbranched alkanes of at least 4 members (excludes halogenated alkanes) is 1. The van der Waals surface area contributed by atoms with Crippen LogP contribution in [0.3, 0.4) is 0 Å². The zero-order valence-electron chi connectivity index (χ0n) is 10.3. The fourth-order valence-electron chi connectivity index (χ4n) is 1.75. The highest BCUT2D eigenvalue weighted by atomic mass is 35.5. The summed E-state index contributed by atoms with van der Waals surface area (Å²) in [7, 11) is 0. The van der Waals surface area contributed by atoms with E-state index >= 15 is 0 Å². The van der Waals surface area contributed by atoms with Crippen molar-refractivity contribution in [3.05, 3.63) is 35.4 Å². The molecule has 2 unspecified atom stereocenters. The Kier molecular flexibility index (Phi) is 6.56. The van der Waals surface area contributed by atoms with E-state index in [0.717, 1.165) is 12.0 Å². The topological polar surface area (TPSA) is 40.5 Å². The molecule has 0 aromatic heterocycles. The first-order valence-electron chi connectivity index (χ1n) is 6.20. The quantitative estimate of drug-likeness (QED) is 0.736. The highest BCUT2D eigenvalue weighted by Gasteiger charge is 2.17. The number of hydrogen-bond acceptors (Lipinski definition) is 2. The zero-order chi connectivity index (χ0) is 12.7. The second-order valence-electron chi connectivity index (χ2n) is 4.33. The number of aliphatic hydroxyl groups is 2. The lowest BCUT2D eigenvalue weighted by molar-refractivity contribution is 0.0170. The van der Waals surface area contributed by atoms with E-state index in [2.05, 4.69) is 6.92 Å². The van der Waals surface area contributed by atoms with Crippen LogP contribution in [0.15, 0.2) is 24.3 Å². The molecule has 0 bridgehead atoms. The number of halogens is 1. The second kappa shape index (κ2) is 7.70. The number of rotatable bonds is 7. The predicted octanol–water partition coefficient (Wildman–Crippen LogP) is 3.05. The Morgan fingerprint density at radius 3 is 2.35 bits per heavy atom. The van der Waals surface area contributed by atoms with Gasteiger partial charge in [-0.3, -0.25) is 0 Å². The summed E-state index contributed by atoms with van der Waals surface area (Å²) >= 11 is 5.54. The lowest BCUT2D eigenvalue weighted by Gasteiger charge is -2.17. The maximum absolute atomic E-state index is 9.88. The first-order valence-corrected chi connectivity index (χ1v) is 6.73. The molecule has 0 saturated heterocycles. The predicted molar refractivity (Wildman–Crippen MR) is 71.4 cm³/mol. The minimum Gasteiger partial charge on any atom is -0.390 e. The molecular weight excluding hydrogens is 236 g/mol. The first kappa shape index (κ1) is 14.5. The van der Waals surface area contributed by atoms with Crippen LogP contribution in [0.25, 0.3) is 0 Å². The van der Waals surface area contributed by atoms with Gasteiger partial charge >= 0.3 is 0 Å². The number of hydrogen-bond donors (Lipinski definition) is 2. The van der Waals surface area contributed by atoms with E-state index in [-0.39, 0.29) is 0 Å². The lowest BCUT2D eigenvalue weighted by atomic mass is 10.00. The van der Waals surface area contributed by atoms with Crippen LogP contribution in [0.4, 0.5) is 0 Å². The van der Waals surface area contributed by atoms with Crippen molar-refractivity contribution in [3.63, 3.8) is 0 Å². The van der Waals surface area contributed by atoms with Crippen LogP contribution in [-0.4, -0.2) is 22.2 Å². The van der Waals surface area contributed by atoms with Gasteiger partial charge in [-0.2, -0.15) is 0 Å². The molecule has 1 aromatic rings. The van der Waals surface area contributed by atoms with E-state index in [1.54, 1.807) is 0 Å². The molecule has 3 heteroatoms. The van der Waals surface area contributed by atoms with Crippen molar-refractivity contribution in [1.29, 1.82) is 0 Å². The van der Waals surface area contributed by atoms with Gasteiger partial charge in [-0.15, -0.1) is 11.6 Å². The highest BCUT2D eigenvalue weighted by Crippen LogP contribution is 2.20. The molecule has 17 heavy (non-hydrogen) atoms. The fraction of sp³-hybridized carbons (Fsp3) is 0.571. The Bertz CT molecular complexity index is 311. The summed E-state index contributed by atoms with van der Waals surface area (Å²) in [6.45, 7) is 2.17. The van der Waals surface area contributed by atoms with Crippen molar-refractivity contribution in [2.75, 3.05) is 5.88 Å². The maximum Gasteiger partial charge on any atom is 0.105 e. The molecule has 0 amide bonds. The Balaban J connectivity index is 2.60. The van der Waals surface area contributed by atoms with Gasteiger partial charge in [-0.25, -0.2) is 0 Å². The molecule has 0 aliphatic carbocycles. The van der Waals surface area contributed by atoms with Crippen LogP contribution < -0.4 is 0 Å². The summed E-state index contributed by atoms with van der Waals surface area (Å²) in [6.07, 6.45) is 2.20. The zero-order valence-corrected chi connectivity index (χ0v) is 11.0. The molecule has 0 aliphatic heterocycles. The van der Waals surface area contributed by atoms with Crippen molar-refractivity contribution in [2.24, 2.45) is 0 Å². The third-order valence-electron chi connectivity index (χ3n) is 2.91. The summed E-state index contributed by atoms with van der Waals surface area (Å²) in [5, 5.41) is 19.5. The van der Waals surface area contributed by atoms with E-state index in [9.17, 15) is 10.2 Å². The molecular formula is C14H21ClO2. The number of aliphatic hydroxyl groups excluding tert-OH is 2. The summed E-state index contributed by atoms with van der Waals surface area (Å²) in [6, 6.07) is 7.80. The Morgan fingerprint density at radius 1 is 1.18 bits per heavy atom. The van der Waals surface area contributed by atoms with Gasteiger partial charge in [0, 0.05) is 5.88 Å². The van der Waals surface area contributed by atoms with Crippen LogP contribution in [0.5, 0.6) is 0 Å². The molecule has 1 aromatic carbocycles. The smallest absolute Gasteiger partial charge is 0.105 e. The lowest BCUT2D eigenvalue weighted by Crippen LogP contribution is -2.18. The standard InChI is InChI=1S/C14H21ClO2/c1-2-3-4-11-5-7-12(8-6-11)14(17)13(16)9-10-15/h5-8,13-14,16-17H,2-4,9-10H2,1H3. The average Bonchev–Trinajstić information content (AvgIpc) is 2.36. The van der Waals surface area contributed by atoms with Gasteiger partial charge in [0.2, 0.25) is 0 Å². The fourth-order valence-corrected chi connectivity index (χ4v) is 1.98. The van der Waals surface area contributed by atoms with Crippen molar-refractivity contribution in [2.45, 2.75) is 44.8 Å². The normalized spacial score (nSPS) is 14.6. The van der Waals surface area contributed by atoms with Gasteiger partial charge in [-0.05, 0) is 30.4 Å². The van der Waals surface area contributed by atoms with E-state index in [1.807, 2.05) is 24.3 Å². The first-order chi connectivity index (χ1) is 8.19. The summed E-state index contributed by atoms with van der Waals surface area (Å²) in [5.41, 5.74) is 2.03. The molecule has 0 aliphatic rings. The van der Waals surface area contributed by atoms with E-state index in [0.29, 0.717) is 12.3 Å². The molecule has 1 rings (SSSR count). The Hall–Kier alpha value is -0.570. The number of benzene rings is 1. The van der Waals surface area contributed by atoms with Crippen molar-refractivity contribution in [1.82, 2.24) is 0 Å². The number of aryl methyl sites for hydroxylation is 1. The molecule has 0 heterocycles. The molecule has 96 valence electrons. The average molecular weight is 257 g/mol. The minimum atomic E-state index is -0.839. The maximum atomic E-state index is 9.88. The molecule has 0 saturated carbocycles. The van der Waals surface area contributed by atoms with Gasteiger partial charge in [0.05, 0.1) is 6.10 Å². The third kappa shape index (κ3) is 4.66. The largest absolute Gasteiger partial charge is 0.390 e. The molecule has 0 radical (unpaired) electrons. The van der Waals surface area contributed by atoms with Crippen molar-refractivity contribution < 1.29 is 10.2 Å². The molecule has 2 N–H and O–H groups in total. The van der Waals surface area contributed by atoms with E-state index in [4.69, 9.17) is 11.6 Å². The highest BCUT2D eigenvalue weighted by molar-refractivity contribution is 6.17. The van der Waals surface area contributed by atoms with Crippen LogP contribution in [0.2, 0.25) is 0 Å². The minimum absolute atomic E-state index is 0.354. The van der Waals surface area contributed by atoms with Gasteiger partial charge in [-0.1, -0.05) is 37.6 Å². The van der Waals surface area contributed by atoms with E-state index in [1.165, 1.54) is 18.4 Å². The Labute approximate surface area is 108 Å². The SMILES string of the molecule is CCCCc1ccc(C(O)C(O)CCCl)cc1. The molecule has 2 nitrogen and oxygen atoms in total. The van der Waals surface area contributed by atoms with Crippen LogP contribution in [-0.2, 0) is 6.42 Å².